The normalized spacial score (nSPS) is 17.3. The van der Waals surface area contributed by atoms with Gasteiger partial charge in [-0.1, -0.05) is 12.1 Å². The molecule has 1 heterocycles. The molecule has 0 bridgehead atoms. The number of benzene rings is 1. The molecule has 1 aromatic rings. The number of hydrogen-bond acceptors (Lipinski definition) is 4. The van der Waals surface area contributed by atoms with E-state index in [2.05, 4.69) is 19.9 Å². The molecule has 7 nitrogen and oxygen atoms in total. The third kappa shape index (κ3) is 7.12. The van der Waals surface area contributed by atoms with Gasteiger partial charge in [0.1, 0.15) is 5.75 Å². The molecule has 1 fully saturated rings. The summed E-state index contributed by atoms with van der Waals surface area (Å²) in [7, 11) is 7.26. The Labute approximate surface area is 177 Å². The number of ether oxygens (including phenoxy) is 1. The number of nitrogens with zero attached hydrogens (tertiary/aromatic N) is 4. The first-order valence-corrected chi connectivity index (χ1v) is 10.2. The molecule has 0 radical (unpaired) electrons. The molecule has 0 aromatic heterocycles. The van der Waals surface area contributed by atoms with Crippen molar-refractivity contribution in [1.82, 2.24) is 20.0 Å². The Balaban J connectivity index is 1.76. The zero-order valence-corrected chi connectivity index (χ0v) is 18.3. The SMILES string of the molecule is CN=C(NCCCN1CCCC1C(=O)N(C)C)N(C)Cc1ccc(OC(F)F)cc1. The molecule has 1 unspecified atom stereocenters. The van der Waals surface area contributed by atoms with E-state index >= 15 is 0 Å². The number of carbonyl (C=O) groups excluding carboxylic acids is 1. The zero-order chi connectivity index (χ0) is 22.1. The minimum Gasteiger partial charge on any atom is -0.435 e. The molecule has 1 N–H and O–H groups in total. The van der Waals surface area contributed by atoms with Gasteiger partial charge in [-0.2, -0.15) is 8.78 Å². The van der Waals surface area contributed by atoms with Crippen LogP contribution in [0.15, 0.2) is 29.3 Å². The maximum Gasteiger partial charge on any atom is 0.387 e. The molecule has 1 saturated heterocycles. The van der Waals surface area contributed by atoms with Crippen LogP contribution >= 0.6 is 0 Å². The largest absolute Gasteiger partial charge is 0.435 e. The molecule has 1 aromatic carbocycles. The first-order valence-electron chi connectivity index (χ1n) is 10.2. The first-order chi connectivity index (χ1) is 14.3. The number of guanidine groups is 1. The molecule has 0 aliphatic carbocycles. The van der Waals surface area contributed by atoms with Gasteiger partial charge in [0.15, 0.2) is 5.96 Å². The maximum atomic E-state index is 12.3. The summed E-state index contributed by atoms with van der Waals surface area (Å²) in [6.45, 7) is 0.337. The number of halogens is 2. The van der Waals surface area contributed by atoms with Crippen LogP contribution in [0.25, 0.3) is 0 Å². The summed E-state index contributed by atoms with van der Waals surface area (Å²) in [6, 6.07) is 6.59. The van der Waals surface area contributed by atoms with E-state index < -0.39 is 6.61 Å². The average molecular weight is 426 g/mol. The Morgan fingerprint density at radius 1 is 1.30 bits per heavy atom. The lowest BCUT2D eigenvalue weighted by atomic mass is 10.2. The van der Waals surface area contributed by atoms with E-state index in [0.717, 1.165) is 50.4 Å². The van der Waals surface area contributed by atoms with Crippen LogP contribution in [0.3, 0.4) is 0 Å². The van der Waals surface area contributed by atoms with Gasteiger partial charge in [-0.25, -0.2) is 0 Å². The van der Waals surface area contributed by atoms with Crippen LogP contribution in [-0.4, -0.2) is 87.0 Å². The molecule has 1 aliphatic heterocycles. The molecule has 168 valence electrons. The molecule has 1 aliphatic rings. The highest BCUT2D eigenvalue weighted by atomic mass is 19.3. The first kappa shape index (κ1) is 23.9. The molecule has 30 heavy (non-hydrogen) atoms. The van der Waals surface area contributed by atoms with Gasteiger partial charge in [0.2, 0.25) is 5.91 Å². The van der Waals surface area contributed by atoms with Gasteiger partial charge in [-0.15, -0.1) is 0 Å². The number of aliphatic imine (C=N–C) groups is 1. The Morgan fingerprint density at radius 3 is 2.60 bits per heavy atom. The van der Waals surface area contributed by atoms with E-state index in [1.54, 1.807) is 38.2 Å². The van der Waals surface area contributed by atoms with Crippen molar-refractivity contribution >= 4 is 11.9 Å². The predicted octanol–water partition coefficient (Wildman–Crippen LogP) is 2.24. The number of alkyl halides is 2. The predicted molar refractivity (Wildman–Crippen MR) is 114 cm³/mol. The summed E-state index contributed by atoms with van der Waals surface area (Å²) in [4.78, 5) is 22.5. The molecule has 0 saturated carbocycles. The summed E-state index contributed by atoms with van der Waals surface area (Å²) in [5, 5.41) is 3.35. The summed E-state index contributed by atoms with van der Waals surface area (Å²) in [5.74, 6) is 1.08. The Morgan fingerprint density at radius 2 is 2.00 bits per heavy atom. The molecular formula is C21H33F2N5O2. The lowest BCUT2D eigenvalue weighted by Gasteiger charge is -2.26. The van der Waals surface area contributed by atoms with E-state index in [1.165, 1.54) is 12.1 Å². The topological polar surface area (TPSA) is 60.4 Å². The molecule has 1 amide bonds. The van der Waals surface area contributed by atoms with Gasteiger partial charge in [0.25, 0.3) is 0 Å². The lowest BCUT2D eigenvalue weighted by Crippen LogP contribution is -2.44. The van der Waals surface area contributed by atoms with E-state index in [0.29, 0.717) is 6.54 Å². The fourth-order valence-electron chi connectivity index (χ4n) is 3.66. The van der Waals surface area contributed by atoms with Gasteiger partial charge in [0, 0.05) is 47.8 Å². The third-order valence-electron chi connectivity index (χ3n) is 5.14. The van der Waals surface area contributed by atoms with Gasteiger partial charge in [-0.3, -0.25) is 14.7 Å². The molecule has 2 rings (SSSR count). The number of likely N-dealkylation sites (tertiary alicyclic amines) is 1. The van der Waals surface area contributed by atoms with Gasteiger partial charge in [0.05, 0.1) is 6.04 Å². The standard InChI is InChI=1S/C21H33F2N5O2/c1-24-21(27(4)15-16-8-10-17(11-9-16)30-20(22)23)25-12-6-14-28-13-5-7-18(28)19(29)26(2)3/h8-11,18,20H,5-7,12-15H2,1-4H3,(H,24,25). The van der Waals surface area contributed by atoms with Crippen LogP contribution < -0.4 is 10.1 Å². The second kappa shape index (κ2) is 11.7. The van der Waals surface area contributed by atoms with Crippen molar-refractivity contribution in [3.05, 3.63) is 29.8 Å². The van der Waals surface area contributed by atoms with Gasteiger partial charge in [-0.05, 0) is 43.5 Å². The van der Waals surface area contributed by atoms with E-state index in [9.17, 15) is 13.6 Å². The number of nitrogens with one attached hydrogen (secondary N) is 1. The summed E-state index contributed by atoms with van der Waals surface area (Å²) < 4.78 is 28.9. The summed E-state index contributed by atoms with van der Waals surface area (Å²) in [6.07, 6.45) is 2.89. The number of amides is 1. The lowest BCUT2D eigenvalue weighted by molar-refractivity contribution is -0.133. The van der Waals surface area contributed by atoms with E-state index in [4.69, 9.17) is 0 Å². The number of likely N-dealkylation sites (N-methyl/N-ethyl adjacent to an activating group) is 1. The van der Waals surface area contributed by atoms with Crippen molar-refractivity contribution < 1.29 is 18.3 Å². The fourth-order valence-corrected chi connectivity index (χ4v) is 3.66. The van der Waals surface area contributed by atoms with Crippen molar-refractivity contribution in [3.8, 4) is 5.75 Å². The van der Waals surface area contributed by atoms with Gasteiger partial charge >= 0.3 is 6.61 Å². The molecule has 0 spiro atoms. The van der Waals surface area contributed by atoms with Crippen LogP contribution in [0.2, 0.25) is 0 Å². The van der Waals surface area contributed by atoms with Crippen LogP contribution in [0.4, 0.5) is 8.78 Å². The third-order valence-corrected chi connectivity index (χ3v) is 5.14. The average Bonchev–Trinajstić information content (AvgIpc) is 3.16. The molecule has 1 atom stereocenters. The van der Waals surface area contributed by atoms with Crippen molar-refractivity contribution in [2.45, 2.75) is 38.5 Å². The Bertz CT molecular complexity index is 697. The second-order valence-electron chi connectivity index (χ2n) is 7.63. The van der Waals surface area contributed by atoms with Crippen LogP contribution in [0.1, 0.15) is 24.8 Å². The van der Waals surface area contributed by atoms with Crippen LogP contribution in [0, 0.1) is 0 Å². The zero-order valence-electron chi connectivity index (χ0n) is 18.3. The Hall–Kier alpha value is -2.42. The molecule has 9 heteroatoms. The number of rotatable bonds is 9. The highest BCUT2D eigenvalue weighted by Crippen LogP contribution is 2.19. The quantitative estimate of drug-likeness (QED) is 0.374. The Kier molecular flexibility index (Phi) is 9.29. The van der Waals surface area contributed by atoms with Crippen molar-refractivity contribution in [2.75, 3.05) is 47.8 Å². The highest BCUT2D eigenvalue weighted by Gasteiger charge is 2.30. The van der Waals surface area contributed by atoms with E-state index in [1.807, 2.05) is 11.9 Å². The van der Waals surface area contributed by atoms with Crippen LogP contribution in [0.5, 0.6) is 5.75 Å². The second-order valence-corrected chi connectivity index (χ2v) is 7.63. The van der Waals surface area contributed by atoms with Crippen LogP contribution in [-0.2, 0) is 11.3 Å². The van der Waals surface area contributed by atoms with Crippen molar-refractivity contribution in [2.24, 2.45) is 4.99 Å². The number of carbonyl (C=O) groups is 1. The highest BCUT2D eigenvalue weighted by molar-refractivity contribution is 5.81. The minimum atomic E-state index is -2.82. The monoisotopic (exact) mass is 425 g/mol. The fraction of sp³-hybridized carbons (Fsp3) is 0.619. The summed E-state index contributed by atoms with van der Waals surface area (Å²) in [5.41, 5.74) is 0.962. The van der Waals surface area contributed by atoms with Crippen molar-refractivity contribution in [1.29, 1.82) is 0 Å². The van der Waals surface area contributed by atoms with Crippen molar-refractivity contribution in [3.63, 3.8) is 0 Å². The summed E-state index contributed by atoms with van der Waals surface area (Å²) >= 11 is 0. The maximum absolute atomic E-state index is 12.3. The molecular weight excluding hydrogens is 392 g/mol. The number of hydrogen-bond donors (Lipinski definition) is 1. The minimum absolute atomic E-state index is 0.000918. The van der Waals surface area contributed by atoms with Gasteiger partial charge < -0.3 is 19.9 Å². The van der Waals surface area contributed by atoms with E-state index in [-0.39, 0.29) is 17.7 Å². The smallest absolute Gasteiger partial charge is 0.387 e.